The van der Waals surface area contributed by atoms with E-state index in [4.69, 9.17) is 14.2 Å². The Morgan fingerprint density at radius 3 is 2.65 bits per heavy atom. The van der Waals surface area contributed by atoms with Crippen LogP contribution in [0.4, 0.5) is 4.79 Å². The smallest absolute Gasteiger partial charge is 0.407 e. The van der Waals surface area contributed by atoms with E-state index in [9.17, 15) is 4.79 Å². The van der Waals surface area contributed by atoms with E-state index in [0.717, 1.165) is 5.56 Å². The first-order valence-electron chi connectivity index (χ1n) is 6.63. The number of carbonyl (C=O) groups is 1. The SMILES string of the molecule is CNCC1OCC(NC(=O)OCc2ccccc2)CO1. The summed E-state index contributed by atoms with van der Waals surface area (Å²) in [6.45, 7) is 1.73. The van der Waals surface area contributed by atoms with Crippen LogP contribution in [0.3, 0.4) is 0 Å². The van der Waals surface area contributed by atoms with Gasteiger partial charge in [-0.1, -0.05) is 30.3 Å². The van der Waals surface area contributed by atoms with Crippen LogP contribution in [-0.4, -0.2) is 45.2 Å². The zero-order chi connectivity index (χ0) is 14.2. The van der Waals surface area contributed by atoms with Crippen LogP contribution in [0, 0.1) is 0 Å². The molecule has 1 amide bonds. The number of carbonyl (C=O) groups excluding carboxylic acids is 1. The lowest BCUT2D eigenvalue weighted by atomic mass is 10.2. The lowest BCUT2D eigenvalue weighted by Crippen LogP contribution is -2.49. The van der Waals surface area contributed by atoms with Gasteiger partial charge in [-0.05, 0) is 12.6 Å². The van der Waals surface area contributed by atoms with Gasteiger partial charge in [0, 0.05) is 6.54 Å². The van der Waals surface area contributed by atoms with Gasteiger partial charge in [-0.25, -0.2) is 4.79 Å². The number of amides is 1. The minimum Gasteiger partial charge on any atom is -0.445 e. The van der Waals surface area contributed by atoms with Crippen molar-refractivity contribution in [3.63, 3.8) is 0 Å². The number of hydrogen-bond acceptors (Lipinski definition) is 5. The van der Waals surface area contributed by atoms with E-state index < -0.39 is 6.09 Å². The van der Waals surface area contributed by atoms with Crippen molar-refractivity contribution >= 4 is 6.09 Å². The molecule has 0 unspecified atom stereocenters. The van der Waals surface area contributed by atoms with Crippen LogP contribution in [0.15, 0.2) is 30.3 Å². The zero-order valence-electron chi connectivity index (χ0n) is 11.5. The van der Waals surface area contributed by atoms with Crippen molar-refractivity contribution in [2.75, 3.05) is 26.8 Å². The Morgan fingerprint density at radius 2 is 2.00 bits per heavy atom. The van der Waals surface area contributed by atoms with Gasteiger partial charge < -0.3 is 24.8 Å². The van der Waals surface area contributed by atoms with Gasteiger partial charge in [0.2, 0.25) is 0 Å². The molecule has 0 spiro atoms. The first-order valence-corrected chi connectivity index (χ1v) is 6.63. The van der Waals surface area contributed by atoms with Crippen molar-refractivity contribution in [1.82, 2.24) is 10.6 Å². The Kier molecular flexibility index (Phi) is 5.79. The van der Waals surface area contributed by atoms with Gasteiger partial charge in [0.1, 0.15) is 6.61 Å². The second-order valence-corrected chi connectivity index (χ2v) is 4.56. The Bertz CT molecular complexity index is 405. The third kappa shape index (κ3) is 4.80. The maximum Gasteiger partial charge on any atom is 0.407 e. The lowest BCUT2D eigenvalue weighted by molar-refractivity contribution is -0.185. The molecule has 1 aliphatic heterocycles. The van der Waals surface area contributed by atoms with Gasteiger partial charge in [-0.2, -0.15) is 0 Å². The Morgan fingerprint density at radius 1 is 1.30 bits per heavy atom. The summed E-state index contributed by atoms with van der Waals surface area (Å²) in [5.74, 6) is 0. The zero-order valence-corrected chi connectivity index (χ0v) is 11.5. The van der Waals surface area contributed by atoms with Crippen LogP contribution in [-0.2, 0) is 20.8 Å². The minimum atomic E-state index is -0.460. The summed E-state index contributed by atoms with van der Waals surface area (Å²) in [5, 5.41) is 5.69. The highest BCUT2D eigenvalue weighted by molar-refractivity contribution is 5.67. The Hall–Kier alpha value is -1.63. The molecule has 1 aromatic rings. The molecule has 1 aliphatic rings. The first-order chi connectivity index (χ1) is 9.78. The lowest BCUT2D eigenvalue weighted by Gasteiger charge is -2.29. The number of nitrogens with one attached hydrogen (secondary N) is 2. The minimum absolute atomic E-state index is 0.175. The summed E-state index contributed by atoms with van der Waals surface area (Å²) >= 11 is 0. The standard InChI is InChI=1S/C14H20N2O4/c1-15-7-13-18-9-12(10-19-13)16-14(17)20-8-11-5-3-2-4-6-11/h2-6,12-13,15H,7-10H2,1H3,(H,16,17). The fourth-order valence-electron chi connectivity index (χ4n) is 1.84. The second kappa shape index (κ2) is 7.84. The maximum absolute atomic E-state index is 11.6. The highest BCUT2D eigenvalue weighted by Gasteiger charge is 2.23. The van der Waals surface area contributed by atoms with Crippen molar-refractivity contribution in [1.29, 1.82) is 0 Å². The van der Waals surface area contributed by atoms with Crippen molar-refractivity contribution in [2.24, 2.45) is 0 Å². The topological polar surface area (TPSA) is 68.8 Å². The molecule has 1 aromatic carbocycles. The molecule has 1 saturated heterocycles. The Balaban J connectivity index is 1.65. The number of alkyl carbamates (subject to hydrolysis) is 1. The van der Waals surface area contributed by atoms with Crippen LogP contribution < -0.4 is 10.6 Å². The van der Waals surface area contributed by atoms with Gasteiger partial charge in [0.15, 0.2) is 6.29 Å². The average Bonchev–Trinajstić information content (AvgIpc) is 2.49. The van der Waals surface area contributed by atoms with Crippen LogP contribution in [0.1, 0.15) is 5.56 Å². The fraction of sp³-hybridized carbons (Fsp3) is 0.500. The van der Waals surface area contributed by atoms with Crippen LogP contribution >= 0.6 is 0 Å². The van der Waals surface area contributed by atoms with Crippen molar-refractivity contribution in [2.45, 2.75) is 18.9 Å². The monoisotopic (exact) mass is 280 g/mol. The van der Waals surface area contributed by atoms with E-state index in [0.29, 0.717) is 19.8 Å². The highest BCUT2D eigenvalue weighted by Crippen LogP contribution is 2.06. The van der Waals surface area contributed by atoms with E-state index in [1.165, 1.54) is 0 Å². The number of ether oxygens (including phenoxy) is 3. The normalized spacial score (nSPS) is 22.2. The van der Waals surface area contributed by atoms with E-state index in [1.807, 2.05) is 37.4 Å². The van der Waals surface area contributed by atoms with Gasteiger partial charge in [0.05, 0.1) is 19.3 Å². The molecule has 110 valence electrons. The summed E-state index contributed by atoms with van der Waals surface area (Å²) in [6, 6.07) is 9.36. The number of rotatable bonds is 5. The quantitative estimate of drug-likeness (QED) is 0.838. The van der Waals surface area contributed by atoms with E-state index in [1.54, 1.807) is 0 Å². The van der Waals surface area contributed by atoms with Gasteiger partial charge >= 0.3 is 6.09 Å². The fourth-order valence-corrected chi connectivity index (χ4v) is 1.84. The summed E-state index contributed by atoms with van der Waals surface area (Å²) in [6.07, 6.45) is -0.712. The Labute approximate surface area is 118 Å². The summed E-state index contributed by atoms with van der Waals surface area (Å²) in [4.78, 5) is 11.6. The number of hydrogen-bond donors (Lipinski definition) is 2. The maximum atomic E-state index is 11.6. The molecular weight excluding hydrogens is 260 g/mol. The molecule has 0 bridgehead atoms. The number of benzene rings is 1. The third-order valence-corrected chi connectivity index (χ3v) is 2.87. The largest absolute Gasteiger partial charge is 0.445 e. The molecule has 0 aliphatic carbocycles. The van der Waals surface area contributed by atoms with Crippen LogP contribution in [0.5, 0.6) is 0 Å². The third-order valence-electron chi connectivity index (χ3n) is 2.87. The molecule has 0 saturated carbocycles. The van der Waals surface area contributed by atoms with Gasteiger partial charge in [0.25, 0.3) is 0 Å². The predicted octanol–water partition coefficient (Wildman–Crippen LogP) is 0.874. The van der Waals surface area contributed by atoms with E-state index in [-0.39, 0.29) is 18.9 Å². The molecule has 2 rings (SSSR count). The second-order valence-electron chi connectivity index (χ2n) is 4.56. The highest BCUT2D eigenvalue weighted by atomic mass is 16.7. The molecule has 2 N–H and O–H groups in total. The molecular formula is C14H20N2O4. The van der Waals surface area contributed by atoms with Crippen LogP contribution in [0.2, 0.25) is 0 Å². The molecule has 0 radical (unpaired) electrons. The van der Waals surface area contributed by atoms with Crippen LogP contribution in [0.25, 0.3) is 0 Å². The molecule has 1 fully saturated rings. The average molecular weight is 280 g/mol. The molecule has 6 heteroatoms. The van der Waals surface area contributed by atoms with Gasteiger partial charge in [-0.3, -0.25) is 0 Å². The molecule has 0 aromatic heterocycles. The first kappa shape index (κ1) is 14.8. The van der Waals surface area contributed by atoms with Crippen molar-refractivity contribution < 1.29 is 19.0 Å². The molecule has 1 heterocycles. The summed E-state index contributed by atoms with van der Waals surface area (Å²) < 4.78 is 16.0. The van der Waals surface area contributed by atoms with Crippen molar-refractivity contribution in [3.8, 4) is 0 Å². The van der Waals surface area contributed by atoms with Crippen molar-refractivity contribution in [3.05, 3.63) is 35.9 Å². The van der Waals surface area contributed by atoms with Gasteiger partial charge in [-0.15, -0.1) is 0 Å². The number of likely N-dealkylation sites (N-methyl/N-ethyl adjacent to an activating group) is 1. The summed E-state index contributed by atoms with van der Waals surface area (Å²) in [5.41, 5.74) is 0.952. The molecule has 0 atom stereocenters. The molecule has 6 nitrogen and oxygen atoms in total. The van der Waals surface area contributed by atoms with E-state index in [2.05, 4.69) is 10.6 Å². The predicted molar refractivity (Wildman–Crippen MR) is 73.2 cm³/mol. The molecule has 20 heavy (non-hydrogen) atoms. The van der Waals surface area contributed by atoms with E-state index >= 15 is 0 Å². The summed E-state index contributed by atoms with van der Waals surface area (Å²) in [7, 11) is 1.83.